The summed E-state index contributed by atoms with van der Waals surface area (Å²) < 4.78 is 0. The number of primary amides is 1. The van der Waals surface area contributed by atoms with E-state index in [9.17, 15) is 63.0 Å². The lowest BCUT2D eigenvalue weighted by Crippen LogP contribution is -2.61. The first kappa shape index (κ1) is 69.8. The van der Waals surface area contributed by atoms with Crippen LogP contribution in [0.4, 0.5) is 0 Å². The van der Waals surface area contributed by atoms with Gasteiger partial charge in [0.1, 0.15) is 60.1 Å². The number of guanidine groups is 1. The fourth-order valence-corrected chi connectivity index (χ4v) is 10.5. The molecule has 33 nitrogen and oxygen atoms in total. The zero-order valence-electron chi connectivity index (χ0n) is 50.4. The number of phenolic OH excluding ortho intramolecular Hbond substituents is 1. The predicted octanol–water partition coefficient (Wildman–Crippen LogP) is -2.93. The molecule has 19 N–H and O–H groups in total. The molecule has 0 bridgehead atoms. The summed E-state index contributed by atoms with van der Waals surface area (Å²) in [6.45, 7) is 2.07. The second-order valence-corrected chi connectivity index (χ2v) is 22.5. The maximum absolute atomic E-state index is 14.7. The number of hydrogen-bond acceptors (Lipinski definition) is 16. The predicted molar refractivity (Wildman–Crippen MR) is 327 cm³/mol. The molecule has 2 saturated heterocycles. The first-order chi connectivity index (χ1) is 43.5. The highest BCUT2D eigenvalue weighted by Gasteiger charge is 2.40. The van der Waals surface area contributed by atoms with Gasteiger partial charge in [0, 0.05) is 79.2 Å². The highest BCUT2D eigenvalue weighted by Crippen LogP contribution is 2.22. The number of para-hydroxylation sites is 1. The van der Waals surface area contributed by atoms with E-state index in [0.717, 1.165) is 0 Å². The van der Waals surface area contributed by atoms with Crippen LogP contribution in [0.15, 0.2) is 77.4 Å². The van der Waals surface area contributed by atoms with Gasteiger partial charge in [0.25, 0.3) is 0 Å². The van der Waals surface area contributed by atoms with Crippen molar-refractivity contribution < 1.29 is 63.0 Å². The molecule has 2 fully saturated rings. The highest BCUT2D eigenvalue weighted by atomic mass is 16.3. The van der Waals surface area contributed by atoms with Crippen molar-refractivity contribution in [2.24, 2.45) is 33.2 Å². The summed E-state index contributed by atoms with van der Waals surface area (Å²) in [6.07, 6.45) is 4.70. The number of amides is 11. The number of nitrogens with two attached hydrogens (primary N) is 3. The Bertz CT molecular complexity index is 3290. The lowest BCUT2D eigenvalue weighted by atomic mass is 10.0. The van der Waals surface area contributed by atoms with Gasteiger partial charge in [-0.15, -0.1) is 0 Å². The quantitative estimate of drug-likeness (QED) is 0.00548. The van der Waals surface area contributed by atoms with Crippen LogP contribution >= 0.6 is 0 Å². The maximum atomic E-state index is 14.7. The molecule has 490 valence electrons. The SMILES string of the molecule is CC(C)C[C@H](NC(=O)[C@@H](CCCN=[N+]=[N-])NC(=O)[C@H](Cc1ccc(O)cc1)NC(=O)[C@H](CO)NC(=O)[C@H](Cc1c[nH]c2ccccc12)NC(=O)[C@H](Cc1cnc[nH]1)NC(=O)[C@@H]1CCC(=O)N1)C(=O)N[C@@H](CCCN=C(N)N)C(=O)N1CCC[C@H]1C(=O)NCC(N)=O. The minimum atomic E-state index is -1.81. The zero-order valence-corrected chi connectivity index (χ0v) is 50.4. The average molecular weight is 1270 g/mol. The number of carbonyl (C=O) groups excluding carboxylic acids is 11. The second kappa shape index (κ2) is 34.5. The van der Waals surface area contributed by atoms with Gasteiger partial charge >= 0.3 is 0 Å². The minimum Gasteiger partial charge on any atom is -0.508 e. The monoisotopic (exact) mass is 1260 g/mol. The zero-order chi connectivity index (χ0) is 66.1. The van der Waals surface area contributed by atoms with E-state index in [1.54, 1.807) is 44.3 Å². The molecule has 0 saturated carbocycles. The van der Waals surface area contributed by atoms with Crippen LogP contribution in [0.25, 0.3) is 21.3 Å². The number of carbonyl (C=O) groups is 11. The van der Waals surface area contributed by atoms with Crippen LogP contribution in [0.3, 0.4) is 0 Å². The normalized spacial score (nSPS) is 16.7. The Balaban J connectivity index is 1.24. The van der Waals surface area contributed by atoms with Crippen LogP contribution < -0.4 is 65.1 Å². The third-order valence-electron chi connectivity index (χ3n) is 15.1. The fourth-order valence-electron chi connectivity index (χ4n) is 10.5. The molecule has 2 aromatic carbocycles. The van der Waals surface area contributed by atoms with E-state index in [-0.39, 0.29) is 114 Å². The molecule has 6 rings (SSSR count). The van der Waals surface area contributed by atoms with E-state index in [1.807, 2.05) is 0 Å². The molecule has 2 aliphatic heterocycles. The number of azide groups is 1. The topological polar surface area (TPSA) is 523 Å². The number of fused-ring (bicyclic) bond motifs is 1. The molecule has 0 aliphatic carbocycles. The number of aliphatic imine (C=N–C) groups is 1. The summed E-state index contributed by atoms with van der Waals surface area (Å²) in [7, 11) is 0. The first-order valence-corrected chi connectivity index (χ1v) is 29.8. The fraction of sp³-hybridized carbons (Fsp3) is 0.500. The van der Waals surface area contributed by atoms with Crippen molar-refractivity contribution in [3.05, 3.63) is 94.5 Å². The number of imidazole rings is 1. The summed E-state index contributed by atoms with van der Waals surface area (Å²) in [5, 5.41) is 48.6. The summed E-state index contributed by atoms with van der Waals surface area (Å²) >= 11 is 0. The molecular weight excluding hydrogens is 1180 g/mol. The molecule has 4 aromatic rings. The van der Waals surface area contributed by atoms with Crippen LogP contribution in [-0.4, -0.2) is 188 Å². The number of aromatic nitrogens is 3. The van der Waals surface area contributed by atoms with E-state index in [1.165, 1.54) is 41.7 Å². The molecule has 0 radical (unpaired) electrons. The van der Waals surface area contributed by atoms with Crippen molar-refractivity contribution in [3.8, 4) is 5.75 Å². The largest absolute Gasteiger partial charge is 0.508 e. The standard InChI is InChI=1S/C58H80N20O13/c1-31(2)22-41(51(85)71-40(11-5-19-64-58(60)61)57(91)78-21-7-12-46(78)56(90)66-28-47(59)81)72-49(83)38(10-6-20-68-77-62)70-52(86)42(23-32-13-15-35(80)16-14-32)73-55(89)45(29-79)76-53(87)43(24-33-26-65-37-9-4-3-8-36(33)37)74-54(88)44(25-34-27-63-30-67-34)75-50(84)39-17-18-48(82)69-39/h3-4,8-9,13-16,26-27,30-31,38-46,65,79-80H,5-7,10-12,17-25,28-29H2,1-2H3,(H2,59,81)(H,63,67)(H,66,90)(H,69,82)(H,70,86)(H,71,85)(H,72,83)(H,73,89)(H,74,88)(H,75,84)(H,76,87)(H4,60,61,64)/t38-,39+,40+,41+,42+,43+,44+,45+,46+/m1/s1. The number of H-pyrrole nitrogens is 2. The number of aliphatic hydroxyl groups excluding tert-OH is 1. The molecule has 91 heavy (non-hydrogen) atoms. The Kier molecular flexibility index (Phi) is 26.4. The van der Waals surface area contributed by atoms with E-state index >= 15 is 0 Å². The van der Waals surface area contributed by atoms with Gasteiger partial charge < -0.3 is 90.1 Å². The van der Waals surface area contributed by atoms with Gasteiger partial charge in [-0.25, -0.2) is 4.98 Å². The number of nitrogens with one attached hydrogen (secondary N) is 11. The number of aromatic amines is 2. The molecule has 11 amide bonds. The van der Waals surface area contributed by atoms with E-state index in [0.29, 0.717) is 34.1 Å². The summed E-state index contributed by atoms with van der Waals surface area (Å²) in [4.78, 5) is 170. The molecule has 0 unspecified atom stereocenters. The Hall–Kier alpha value is -10.3. The lowest BCUT2D eigenvalue weighted by molar-refractivity contribution is -0.142. The van der Waals surface area contributed by atoms with Gasteiger partial charge in [0.05, 0.1) is 19.5 Å². The third kappa shape index (κ3) is 21.5. The van der Waals surface area contributed by atoms with Crippen LogP contribution in [0.5, 0.6) is 5.75 Å². The number of aliphatic hydroxyl groups is 1. The second-order valence-electron chi connectivity index (χ2n) is 22.5. The molecule has 4 heterocycles. The summed E-state index contributed by atoms with van der Waals surface area (Å²) in [5.74, 6) is -9.32. The van der Waals surface area contributed by atoms with Gasteiger partial charge in [-0.3, -0.25) is 57.7 Å². The Morgan fingerprint density at radius 3 is 1.97 bits per heavy atom. The highest BCUT2D eigenvalue weighted by molar-refractivity contribution is 6.00. The molecular formula is C58H80N20O13. The molecule has 0 spiro atoms. The number of nitrogens with zero attached hydrogens (tertiary/aromatic N) is 6. The summed E-state index contributed by atoms with van der Waals surface area (Å²) in [5.41, 5.74) is 27.4. The van der Waals surface area contributed by atoms with Gasteiger partial charge in [-0.2, -0.15) is 0 Å². The van der Waals surface area contributed by atoms with Crippen LogP contribution in [0.1, 0.15) is 88.5 Å². The van der Waals surface area contributed by atoms with Crippen molar-refractivity contribution in [3.63, 3.8) is 0 Å². The Morgan fingerprint density at radius 2 is 1.33 bits per heavy atom. The number of phenols is 1. The smallest absolute Gasteiger partial charge is 0.245 e. The van der Waals surface area contributed by atoms with Gasteiger partial charge in [-0.05, 0) is 92.1 Å². The molecule has 33 heteroatoms. The van der Waals surface area contributed by atoms with E-state index < -0.39 is 127 Å². The number of rotatable bonds is 35. The van der Waals surface area contributed by atoms with E-state index in [2.05, 4.69) is 77.8 Å². The molecule has 2 aliphatic rings. The van der Waals surface area contributed by atoms with Crippen molar-refractivity contribution in [1.29, 1.82) is 0 Å². The summed E-state index contributed by atoms with van der Waals surface area (Å²) in [6, 6.07) is 0.342. The van der Waals surface area contributed by atoms with Crippen molar-refractivity contribution >= 4 is 81.8 Å². The van der Waals surface area contributed by atoms with E-state index in [4.69, 9.17) is 22.7 Å². The number of likely N-dealkylation sites (tertiary alicyclic amines) is 1. The maximum Gasteiger partial charge on any atom is 0.245 e. The number of hydrogen-bond donors (Lipinski definition) is 16. The molecule has 9 atom stereocenters. The number of benzene rings is 2. The van der Waals surface area contributed by atoms with Gasteiger partial charge in [0.2, 0.25) is 65.0 Å². The van der Waals surface area contributed by atoms with Crippen LogP contribution in [-0.2, 0) is 72.0 Å². The van der Waals surface area contributed by atoms with Crippen LogP contribution in [0.2, 0.25) is 0 Å². The van der Waals surface area contributed by atoms with Crippen molar-refractivity contribution in [2.45, 2.75) is 145 Å². The van der Waals surface area contributed by atoms with Gasteiger partial charge in [-0.1, -0.05) is 49.3 Å². The third-order valence-corrected chi connectivity index (χ3v) is 15.1. The first-order valence-electron chi connectivity index (χ1n) is 29.8. The van der Waals surface area contributed by atoms with Crippen molar-refractivity contribution in [2.75, 3.05) is 32.8 Å². The Morgan fingerprint density at radius 1 is 0.725 bits per heavy atom. The van der Waals surface area contributed by atoms with Crippen LogP contribution in [0, 0.1) is 5.92 Å². The van der Waals surface area contributed by atoms with Crippen molar-refractivity contribution in [1.82, 2.24) is 67.7 Å². The lowest BCUT2D eigenvalue weighted by Gasteiger charge is -2.30. The number of aromatic hydroxyl groups is 1. The Labute approximate surface area is 522 Å². The molecule has 2 aromatic heterocycles. The minimum absolute atomic E-state index is 0.00248. The average Bonchev–Trinajstić information content (AvgIpc) is 2.05. The van der Waals surface area contributed by atoms with Gasteiger partial charge in [0.15, 0.2) is 5.96 Å².